The number of allylic oxidation sites excluding steroid dienone is 2. The number of aliphatic hydroxyl groups is 3. The standard InChI is InChI=1S/C20H23N7.C15H27NO6.C7H15NO.C2H6.CH4O/c1-13(2)27-12-24-17-18(25-20(21)26-19(17)27)23-11-14-6-8-15(9-7-14)16-5-3-4-10-22-16;1-11-9-13(17)15(21-10-11)22-14(7-5-6-8-19-3)12(2)16(18)20-4;9-6-8-7-4-2-1-3-5-7;2*1-2/h3-10,12-13,17,19H,11H2,1-2H3,(H3,21,23,25,26);5,7,11,13,15,17-18H,6,8-10H2,1-4H3;7-9H,1-6H2;1-2H3;2H,1H3/b;7-5-,14-12-;;;/t;11-,13?,15?;;;/m.1.../s1. The van der Waals surface area contributed by atoms with Gasteiger partial charge in [-0.25, -0.2) is 4.99 Å². The molecule has 0 bridgehead atoms. The summed E-state index contributed by atoms with van der Waals surface area (Å²) in [5.41, 5.74) is 9.49. The van der Waals surface area contributed by atoms with Crippen molar-refractivity contribution in [3.8, 4) is 11.3 Å². The fraction of sp³-hybridized carbons (Fsp3) is 0.600. The van der Waals surface area contributed by atoms with E-state index in [1.807, 2.05) is 51.4 Å². The average molecular weight is 870 g/mol. The van der Waals surface area contributed by atoms with Crippen LogP contribution in [-0.2, 0) is 25.6 Å². The first kappa shape index (κ1) is 53.7. The second-order valence-corrected chi connectivity index (χ2v) is 14.9. The van der Waals surface area contributed by atoms with Crippen LogP contribution in [0.1, 0.15) is 92.1 Å². The molecule has 3 aliphatic heterocycles. The highest BCUT2D eigenvalue weighted by Gasteiger charge is 2.38. The molecular formula is C45H75N9O8. The third kappa shape index (κ3) is 18.1. The molecule has 4 unspecified atom stereocenters. The Kier molecular flexibility index (Phi) is 26.5. The number of amidine groups is 1. The van der Waals surface area contributed by atoms with Crippen LogP contribution < -0.4 is 16.4 Å². The van der Waals surface area contributed by atoms with Gasteiger partial charge in [-0.1, -0.05) is 76.4 Å². The molecule has 4 aliphatic rings. The van der Waals surface area contributed by atoms with Crippen molar-refractivity contribution in [1.82, 2.24) is 25.7 Å². The van der Waals surface area contributed by atoms with Crippen LogP contribution in [0.15, 0.2) is 87.2 Å². The molecule has 5 atom stereocenters. The maximum absolute atomic E-state index is 10.1. The Morgan fingerprint density at radius 1 is 1.11 bits per heavy atom. The Morgan fingerprint density at radius 3 is 2.42 bits per heavy atom. The summed E-state index contributed by atoms with van der Waals surface area (Å²) in [7, 11) is 3.96. The van der Waals surface area contributed by atoms with E-state index in [-0.39, 0.29) is 24.9 Å². The van der Waals surface area contributed by atoms with E-state index in [1.54, 1.807) is 26.3 Å². The first-order valence-electron chi connectivity index (χ1n) is 21.6. The minimum Gasteiger partial charge on any atom is -0.460 e. The number of ether oxygens (including phenoxy) is 3. The summed E-state index contributed by atoms with van der Waals surface area (Å²) in [6, 6.07) is 15.0. The summed E-state index contributed by atoms with van der Waals surface area (Å²) in [5, 5.41) is 41.9. The van der Waals surface area contributed by atoms with Crippen molar-refractivity contribution < 1.29 is 39.6 Å². The quantitative estimate of drug-likeness (QED) is 0.0420. The zero-order valence-electron chi connectivity index (χ0n) is 38.4. The van der Waals surface area contributed by atoms with Crippen LogP contribution in [0.25, 0.3) is 11.3 Å². The summed E-state index contributed by atoms with van der Waals surface area (Å²) in [6.07, 6.45) is 13.4. The summed E-state index contributed by atoms with van der Waals surface area (Å²) in [4.78, 5) is 25.0. The Labute approximate surface area is 369 Å². The lowest BCUT2D eigenvalue weighted by Crippen LogP contribution is -2.54. The Hall–Kier alpha value is -4.46. The number of nitrogens with two attached hydrogens (primary N) is 1. The molecule has 2 fully saturated rings. The number of guanidine groups is 1. The van der Waals surface area contributed by atoms with E-state index in [9.17, 15) is 10.3 Å². The molecule has 1 aliphatic carbocycles. The molecule has 0 spiro atoms. The number of benzene rings is 1. The van der Waals surface area contributed by atoms with Gasteiger partial charge in [-0.05, 0) is 76.1 Å². The number of hydroxylamine groups is 2. The second kappa shape index (κ2) is 30.6. The van der Waals surface area contributed by atoms with Gasteiger partial charge in [0, 0.05) is 44.7 Å². The van der Waals surface area contributed by atoms with Crippen LogP contribution >= 0.6 is 0 Å². The second-order valence-electron chi connectivity index (χ2n) is 14.9. The Balaban J connectivity index is 0.000000338. The van der Waals surface area contributed by atoms with Gasteiger partial charge in [-0.2, -0.15) is 0 Å². The van der Waals surface area contributed by atoms with E-state index < -0.39 is 12.4 Å². The number of pyridine rings is 1. The number of rotatable bonds is 14. The molecule has 0 amide bonds. The Bertz CT molecular complexity index is 1650. The van der Waals surface area contributed by atoms with Crippen molar-refractivity contribution in [2.45, 2.75) is 130 Å². The number of nitrogens with zero attached hydrogens (tertiary/aromatic N) is 6. The Morgan fingerprint density at radius 2 is 1.82 bits per heavy atom. The third-order valence-electron chi connectivity index (χ3n) is 10.0. The summed E-state index contributed by atoms with van der Waals surface area (Å²) in [6.45, 7) is 13.7. The van der Waals surface area contributed by atoms with E-state index in [0.717, 1.165) is 29.8 Å². The van der Waals surface area contributed by atoms with E-state index in [0.29, 0.717) is 67.3 Å². The molecule has 0 radical (unpaired) electrons. The van der Waals surface area contributed by atoms with E-state index in [2.05, 4.69) is 68.6 Å². The van der Waals surface area contributed by atoms with E-state index in [1.165, 1.54) is 39.2 Å². The van der Waals surface area contributed by atoms with E-state index >= 15 is 0 Å². The van der Waals surface area contributed by atoms with Crippen molar-refractivity contribution >= 4 is 18.1 Å². The summed E-state index contributed by atoms with van der Waals surface area (Å²) >= 11 is 0. The molecule has 1 aromatic carbocycles. The normalized spacial score (nSPS) is 22.9. The van der Waals surface area contributed by atoms with Gasteiger partial charge in [0.2, 0.25) is 6.29 Å². The van der Waals surface area contributed by atoms with Gasteiger partial charge < -0.3 is 45.5 Å². The smallest absolute Gasteiger partial charge is 0.226 e. The zero-order chi connectivity index (χ0) is 45.9. The monoisotopic (exact) mass is 870 g/mol. The average Bonchev–Trinajstić information content (AvgIpc) is 3.74. The van der Waals surface area contributed by atoms with Gasteiger partial charge in [0.15, 0.2) is 12.1 Å². The maximum Gasteiger partial charge on any atom is 0.226 e. The molecule has 17 nitrogen and oxygen atoms in total. The lowest BCUT2D eigenvalue weighted by atomic mass is 9.96. The minimum absolute atomic E-state index is 0.114. The van der Waals surface area contributed by atoms with Gasteiger partial charge in [0.25, 0.3) is 0 Å². The molecule has 4 heterocycles. The van der Waals surface area contributed by atoms with Crippen LogP contribution in [0.3, 0.4) is 0 Å². The number of aliphatic imine (C=N–C) groups is 3. The SMILES string of the molecule is CC.CC(C)N1C=NC2C(=NCc3ccc(-c4ccccn4)cc3)NC(N)=NC21.CO.COCC/C=C\C(OC1OC[C@H](C)CC1O)=C(/C)N(O)OC.OCNC1CCCCC1. The number of nitrogens with one attached hydrogen (secondary N) is 2. The van der Waals surface area contributed by atoms with Gasteiger partial charge in [0.1, 0.15) is 29.4 Å². The van der Waals surface area contributed by atoms with Crippen molar-refractivity contribution in [3.63, 3.8) is 0 Å². The minimum atomic E-state index is -0.765. The fourth-order valence-electron chi connectivity index (χ4n) is 6.74. The molecule has 6 rings (SSSR count). The molecule has 1 saturated heterocycles. The first-order chi connectivity index (χ1) is 30.0. The largest absolute Gasteiger partial charge is 0.460 e. The fourth-order valence-corrected chi connectivity index (χ4v) is 6.74. The number of fused-ring (bicyclic) bond motifs is 1. The van der Waals surface area contributed by atoms with Crippen LogP contribution in [0, 0.1) is 5.92 Å². The van der Waals surface area contributed by atoms with Crippen molar-refractivity contribution in [2.24, 2.45) is 26.6 Å². The number of aliphatic hydroxyl groups excluding tert-OH is 3. The van der Waals surface area contributed by atoms with Crippen molar-refractivity contribution in [1.29, 1.82) is 0 Å². The molecule has 1 saturated carbocycles. The molecule has 8 N–H and O–H groups in total. The number of hydrogen-bond donors (Lipinski definition) is 7. The van der Waals surface area contributed by atoms with Gasteiger partial charge in [-0.3, -0.25) is 30.3 Å². The molecule has 2 aromatic rings. The molecule has 17 heteroatoms. The number of aromatic nitrogens is 1. The van der Waals surface area contributed by atoms with E-state index in [4.69, 9.17) is 40.0 Å². The van der Waals surface area contributed by atoms with Gasteiger partial charge in [0.05, 0.1) is 39.0 Å². The van der Waals surface area contributed by atoms with Crippen LogP contribution in [-0.4, -0.2) is 132 Å². The lowest BCUT2D eigenvalue weighted by Gasteiger charge is -2.32. The highest BCUT2D eigenvalue weighted by molar-refractivity contribution is 6.05. The van der Waals surface area contributed by atoms with Gasteiger partial charge >= 0.3 is 0 Å². The summed E-state index contributed by atoms with van der Waals surface area (Å²) in [5.74, 6) is 1.80. The lowest BCUT2D eigenvalue weighted by molar-refractivity contribution is -0.302. The maximum atomic E-state index is 10.1. The first-order valence-corrected chi connectivity index (χ1v) is 21.6. The molecule has 1 aromatic heterocycles. The third-order valence-corrected chi connectivity index (χ3v) is 10.0. The topological polar surface area (TPSA) is 224 Å². The van der Waals surface area contributed by atoms with Gasteiger partial charge in [-0.15, -0.1) is 5.23 Å². The summed E-state index contributed by atoms with van der Waals surface area (Å²) < 4.78 is 16.2. The van der Waals surface area contributed by atoms with Crippen LogP contribution in [0.5, 0.6) is 0 Å². The number of hydrogen-bond acceptors (Lipinski definition) is 16. The van der Waals surface area contributed by atoms with Crippen molar-refractivity contribution in [2.75, 3.05) is 41.3 Å². The van der Waals surface area contributed by atoms with Crippen LogP contribution in [0.2, 0.25) is 0 Å². The molecular weight excluding hydrogens is 795 g/mol. The van der Waals surface area contributed by atoms with Crippen LogP contribution in [0.4, 0.5) is 0 Å². The predicted octanol–water partition coefficient (Wildman–Crippen LogP) is 5.33. The molecule has 62 heavy (non-hydrogen) atoms. The number of methoxy groups -OCH3 is 1. The highest BCUT2D eigenvalue weighted by atomic mass is 16.9. The highest BCUT2D eigenvalue weighted by Crippen LogP contribution is 2.25. The molecule has 348 valence electrons. The van der Waals surface area contributed by atoms with Crippen molar-refractivity contribution in [3.05, 3.63) is 77.8 Å². The zero-order valence-corrected chi connectivity index (χ0v) is 38.4. The predicted molar refractivity (Wildman–Crippen MR) is 245 cm³/mol.